The highest BCUT2D eigenvalue weighted by Crippen LogP contribution is 2.26. The molecule has 1 saturated heterocycles. The van der Waals surface area contributed by atoms with Crippen LogP contribution in [0.3, 0.4) is 0 Å². The second-order valence-electron chi connectivity index (χ2n) is 4.61. The normalized spacial score (nSPS) is 21.4. The standard InChI is InChI=1S/C12H15ClN2/c13-12-2-1-10-7-15(8-11(10)3-12)6-9-4-14-5-9/h1-3,9,14H,4-8H2. The van der Waals surface area contributed by atoms with Crippen LogP contribution in [0.1, 0.15) is 11.1 Å². The molecule has 2 heterocycles. The zero-order valence-corrected chi connectivity index (χ0v) is 9.43. The fourth-order valence-electron chi connectivity index (χ4n) is 2.41. The summed E-state index contributed by atoms with van der Waals surface area (Å²) in [6.45, 7) is 5.77. The first-order valence-electron chi connectivity index (χ1n) is 5.51. The van der Waals surface area contributed by atoms with Crippen molar-refractivity contribution in [2.75, 3.05) is 19.6 Å². The molecule has 3 heteroatoms. The van der Waals surface area contributed by atoms with E-state index in [9.17, 15) is 0 Å². The van der Waals surface area contributed by atoms with E-state index < -0.39 is 0 Å². The van der Waals surface area contributed by atoms with Crippen LogP contribution in [0.25, 0.3) is 0 Å². The predicted molar refractivity (Wildman–Crippen MR) is 61.9 cm³/mol. The van der Waals surface area contributed by atoms with E-state index in [2.05, 4.69) is 22.3 Å². The third-order valence-electron chi connectivity index (χ3n) is 3.34. The average Bonchev–Trinajstić information content (AvgIpc) is 2.53. The summed E-state index contributed by atoms with van der Waals surface area (Å²) in [7, 11) is 0. The van der Waals surface area contributed by atoms with Crippen LogP contribution in [0.5, 0.6) is 0 Å². The van der Waals surface area contributed by atoms with Crippen LogP contribution < -0.4 is 5.32 Å². The molecule has 1 aromatic carbocycles. The molecule has 0 saturated carbocycles. The largest absolute Gasteiger partial charge is 0.316 e. The minimum absolute atomic E-state index is 0.856. The molecular weight excluding hydrogens is 208 g/mol. The van der Waals surface area contributed by atoms with Crippen LogP contribution >= 0.6 is 11.6 Å². The Labute approximate surface area is 95.2 Å². The van der Waals surface area contributed by atoms with E-state index >= 15 is 0 Å². The van der Waals surface area contributed by atoms with Gasteiger partial charge in [-0.25, -0.2) is 0 Å². The molecule has 80 valence electrons. The Morgan fingerprint density at radius 1 is 1.27 bits per heavy atom. The average molecular weight is 223 g/mol. The number of hydrogen-bond donors (Lipinski definition) is 1. The predicted octanol–water partition coefficient (Wildman–Crippen LogP) is 1.87. The molecule has 2 aliphatic rings. The van der Waals surface area contributed by atoms with Gasteiger partial charge in [-0.3, -0.25) is 4.90 Å². The van der Waals surface area contributed by atoms with Crippen molar-refractivity contribution in [2.45, 2.75) is 13.1 Å². The van der Waals surface area contributed by atoms with Gasteiger partial charge in [0.05, 0.1) is 0 Å². The first-order valence-corrected chi connectivity index (χ1v) is 5.89. The van der Waals surface area contributed by atoms with Gasteiger partial charge >= 0.3 is 0 Å². The molecule has 0 amide bonds. The van der Waals surface area contributed by atoms with E-state index in [1.165, 1.54) is 30.8 Å². The molecule has 0 spiro atoms. The number of nitrogens with zero attached hydrogens (tertiary/aromatic N) is 1. The van der Waals surface area contributed by atoms with Crippen molar-refractivity contribution in [3.8, 4) is 0 Å². The lowest BCUT2D eigenvalue weighted by molar-refractivity contribution is 0.195. The smallest absolute Gasteiger partial charge is 0.0409 e. The lowest BCUT2D eigenvalue weighted by atomic mass is 10.0. The number of nitrogens with one attached hydrogen (secondary N) is 1. The van der Waals surface area contributed by atoms with Crippen LogP contribution in [-0.2, 0) is 13.1 Å². The van der Waals surface area contributed by atoms with E-state index in [0.29, 0.717) is 0 Å². The Bertz CT molecular complexity index is 374. The molecule has 0 aromatic heterocycles. The summed E-state index contributed by atoms with van der Waals surface area (Å²) in [6.07, 6.45) is 0. The van der Waals surface area contributed by atoms with Crippen molar-refractivity contribution in [3.05, 3.63) is 34.3 Å². The van der Waals surface area contributed by atoms with Crippen molar-refractivity contribution in [1.82, 2.24) is 10.2 Å². The molecule has 15 heavy (non-hydrogen) atoms. The third-order valence-corrected chi connectivity index (χ3v) is 3.57. The van der Waals surface area contributed by atoms with E-state index in [1.54, 1.807) is 0 Å². The van der Waals surface area contributed by atoms with Crippen molar-refractivity contribution in [2.24, 2.45) is 5.92 Å². The van der Waals surface area contributed by atoms with Crippen LogP contribution in [0.15, 0.2) is 18.2 Å². The zero-order valence-electron chi connectivity index (χ0n) is 8.67. The molecule has 0 unspecified atom stereocenters. The summed E-state index contributed by atoms with van der Waals surface area (Å²) in [5.41, 5.74) is 2.86. The minimum Gasteiger partial charge on any atom is -0.316 e. The summed E-state index contributed by atoms with van der Waals surface area (Å²) in [4.78, 5) is 2.52. The third kappa shape index (κ3) is 1.89. The summed E-state index contributed by atoms with van der Waals surface area (Å²) < 4.78 is 0. The van der Waals surface area contributed by atoms with Crippen molar-refractivity contribution in [3.63, 3.8) is 0 Å². The number of hydrogen-bond acceptors (Lipinski definition) is 2. The van der Waals surface area contributed by atoms with Crippen molar-refractivity contribution in [1.29, 1.82) is 0 Å². The fourth-order valence-corrected chi connectivity index (χ4v) is 2.60. The Hall–Kier alpha value is -0.570. The number of rotatable bonds is 2. The van der Waals surface area contributed by atoms with Gasteiger partial charge in [0.2, 0.25) is 0 Å². The number of fused-ring (bicyclic) bond motifs is 1. The summed E-state index contributed by atoms with van der Waals surface area (Å²) in [6, 6.07) is 6.27. The second-order valence-corrected chi connectivity index (χ2v) is 5.04. The molecule has 2 nitrogen and oxygen atoms in total. The second kappa shape index (κ2) is 3.78. The lowest BCUT2D eigenvalue weighted by Crippen LogP contribution is -2.47. The first kappa shape index (κ1) is 9.64. The molecule has 0 atom stereocenters. The summed E-state index contributed by atoms with van der Waals surface area (Å²) >= 11 is 5.99. The highest BCUT2D eigenvalue weighted by atomic mass is 35.5. The van der Waals surface area contributed by atoms with Gasteiger partial charge in [-0.15, -0.1) is 0 Å². The molecule has 1 N–H and O–H groups in total. The maximum Gasteiger partial charge on any atom is 0.0409 e. The fraction of sp³-hybridized carbons (Fsp3) is 0.500. The van der Waals surface area contributed by atoms with E-state index in [0.717, 1.165) is 24.0 Å². The molecule has 0 aliphatic carbocycles. The minimum atomic E-state index is 0.856. The Morgan fingerprint density at radius 3 is 2.80 bits per heavy atom. The first-order chi connectivity index (χ1) is 7.31. The molecule has 3 rings (SSSR count). The lowest BCUT2D eigenvalue weighted by Gasteiger charge is -2.30. The van der Waals surface area contributed by atoms with Crippen molar-refractivity contribution < 1.29 is 0 Å². The van der Waals surface area contributed by atoms with Gasteiger partial charge in [0, 0.05) is 37.7 Å². The van der Waals surface area contributed by atoms with Crippen LogP contribution in [-0.4, -0.2) is 24.5 Å². The monoisotopic (exact) mass is 222 g/mol. The SMILES string of the molecule is Clc1ccc2c(c1)CN(CC1CNC1)C2. The maximum absolute atomic E-state index is 5.99. The Morgan fingerprint density at radius 2 is 2.07 bits per heavy atom. The van der Waals surface area contributed by atoms with Gasteiger partial charge in [0.1, 0.15) is 0 Å². The van der Waals surface area contributed by atoms with Gasteiger partial charge in [-0.1, -0.05) is 17.7 Å². The number of halogens is 1. The van der Waals surface area contributed by atoms with Crippen LogP contribution in [0.4, 0.5) is 0 Å². The van der Waals surface area contributed by atoms with E-state index in [1.807, 2.05) is 6.07 Å². The van der Waals surface area contributed by atoms with Gasteiger partial charge in [-0.05, 0) is 29.2 Å². The maximum atomic E-state index is 5.99. The molecule has 1 fully saturated rings. The quantitative estimate of drug-likeness (QED) is 0.822. The molecule has 0 bridgehead atoms. The van der Waals surface area contributed by atoms with Gasteiger partial charge < -0.3 is 5.32 Å². The van der Waals surface area contributed by atoms with Gasteiger partial charge in [0.25, 0.3) is 0 Å². The van der Waals surface area contributed by atoms with Crippen LogP contribution in [0, 0.1) is 5.92 Å². The Kier molecular flexibility index (Phi) is 2.43. The summed E-state index contributed by atoms with van der Waals surface area (Å²) in [5, 5.41) is 4.18. The van der Waals surface area contributed by atoms with Crippen LogP contribution in [0.2, 0.25) is 5.02 Å². The van der Waals surface area contributed by atoms with Gasteiger partial charge in [-0.2, -0.15) is 0 Å². The highest BCUT2D eigenvalue weighted by Gasteiger charge is 2.24. The van der Waals surface area contributed by atoms with E-state index in [4.69, 9.17) is 11.6 Å². The zero-order chi connectivity index (χ0) is 10.3. The van der Waals surface area contributed by atoms with Gasteiger partial charge in [0.15, 0.2) is 0 Å². The van der Waals surface area contributed by atoms with E-state index in [-0.39, 0.29) is 0 Å². The van der Waals surface area contributed by atoms with Crippen molar-refractivity contribution >= 4 is 11.6 Å². The summed E-state index contributed by atoms with van der Waals surface area (Å²) in [5.74, 6) is 0.856. The topological polar surface area (TPSA) is 15.3 Å². The Balaban J connectivity index is 1.68. The molecule has 0 radical (unpaired) electrons. The molecular formula is C12H15ClN2. The molecule has 1 aromatic rings. The number of benzene rings is 1. The highest BCUT2D eigenvalue weighted by molar-refractivity contribution is 6.30. The molecule has 2 aliphatic heterocycles.